The predicted octanol–water partition coefficient (Wildman–Crippen LogP) is 2.00. The van der Waals surface area contributed by atoms with E-state index in [0.717, 1.165) is 19.3 Å². The van der Waals surface area contributed by atoms with Gasteiger partial charge in [-0.3, -0.25) is 20.3 Å². The van der Waals surface area contributed by atoms with Crippen LogP contribution in [0.1, 0.15) is 29.6 Å². The summed E-state index contributed by atoms with van der Waals surface area (Å²) in [5, 5.41) is 12.2. The van der Waals surface area contributed by atoms with Crippen molar-refractivity contribution in [2.45, 2.75) is 19.3 Å². The summed E-state index contributed by atoms with van der Waals surface area (Å²) in [6, 6.07) is 1.41. The number of hydrogen-bond acceptors (Lipinski definition) is 4. The van der Waals surface area contributed by atoms with E-state index in [9.17, 15) is 23.7 Å². The van der Waals surface area contributed by atoms with Crippen molar-refractivity contribution in [3.8, 4) is 0 Å². The van der Waals surface area contributed by atoms with E-state index in [4.69, 9.17) is 0 Å². The average molecular weight is 285 g/mol. The molecule has 0 unspecified atom stereocenters. The minimum atomic E-state index is -1.45. The summed E-state index contributed by atoms with van der Waals surface area (Å²) < 4.78 is 27.4. The molecule has 1 amide bonds. The SMILES string of the molecule is O=C(NN1CCCCC1)c1c(F)ccc([N+](=O)[O-])c1F. The summed E-state index contributed by atoms with van der Waals surface area (Å²) in [6.07, 6.45) is 2.78. The van der Waals surface area contributed by atoms with Crippen LogP contribution in [0.4, 0.5) is 14.5 Å². The van der Waals surface area contributed by atoms with Crippen molar-refractivity contribution in [2.75, 3.05) is 13.1 Å². The quantitative estimate of drug-likeness (QED) is 0.681. The summed E-state index contributed by atoms with van der Waals surface area (Å²) in [6.45, 7) is 1.17. The van der Waals surface area contributed by atoms with Crippen LogP contribution in [0.5, 0.6) is 0 Å². The van der Waals surface area contributed by atoms with Gasteiger partial charge in [0.15, 0.2) is 0 Å². The molecule has 1 fully saturated rings. The van der Waals surface area contributed by atoms with E-state index in [2.05, 4.69) is 5.43 Å². The molecule has 0 aliphatic carbocycles. The van der Waals surface area contributed by atoms with E-state index in [1.54, 1.807) is 5.01 Å². The van der Waals surface area contributed by atoms with Crippen molar-refractivity contribution in [2.24, 2.45) is 0 Å². The maximum atomic E-state index is 13.8. The summed E-state index contributed by atoms with van der Waals surface area (Å²) in [5.41, 5.74) is 0.528. The number of piperidine rings is 1. The fraction of sp³-hybridized carbons (Fsp3) is 0.417. The molecule has 0 aromatic heterocycles. The highest BCUT2D eigenvalue weighted by Gasteiger charge is 2.27. The number of nitrogens with zero attached hydrogens (tertiary/aromatic N) is 2. The van der Waals surface area contributed by atoms with Crippen LogP contribution < -0.4 is 5.43 Å². The van der Waals surface area contributed by atoms with Gasteiger partial charge in [0.2, 0.25) is 5.82 Å². The first kappa shape index (κ1) is 14.3. The van der Waals surface area contributed by atoms with Gasteiger partial charge in [-0.05, 0) is 18.9 Å². The third kappa shape index (κ3) is 2.90. The molecular weight excluding hydrogens is 272 g/mol. The molecule has 0 bridgehead atoms. The molecule has 108 valence electrons. The molecule has 1 saturated heterocycles. The highest BCUT2D eigenvalue weighted by atomic mass is 19.1. The Morgan fingerprint density at radius 1 is 1.25 bits per heavy atom. The number of nitro benzene ring substituents is 1. The smallest absolute Gasteiger partial charge is 0.285 e. The molecule has 1 aliphatic rings. The molecule has 20 heavy (non-hydrogen) atoms. The number of nitrogens with one attached hydrogen (secondary N) is 1. The van der Waals surface area contributed by atoms with Crippen LogP contribution in [-0.4, -0.2) is 28.9 Å². The van der Waals surface area contributed by atoms with Crippen LogP contribution >= 0.6 is 0 Å². The van der Waals surface area contributed by atoms with Gasteiger partial charge >= 0.3 is 5.69 Å². The van der Waals surface area contributed by atoms with E-state index in [-0.39, 0.29) is 0 Å². The first-order chi connectivity index (χ1) is 9.50. The van der Waals surface area contributed by atoms with Crippen molar-refractivity contribution < 1.29 is 18.5 Å². The van der Waals surface area contributed by atoms with Crippen molar-refractivity contribution in [1.82, 2.24) is 10.4 Å². The normalized spacial score (nSPS) is 15.9. The molecule has 0 saturated carbocycles. The second kappa shape index (κ2) is 5.91. The lowest BCUT2D eigenvalue weighted by Crippen LogP contribution is -2.45. The molecule has 1 aromatic carbocycles. The Morgan fingerprint density at radius 2 is 1.90 bits per heavy atom. The molecule has 2 rings (SSSR count). The maximum Gasteiger partial charge on any atom is 0.305 e. The van der Waals surface area contributed by atoms with Gasteiger partial charge in [0.25, 0.3) is 5.91 Å². The van der Waals surface area contributed by atoms with E-state index in [1.807, 2.05) is 0 Å². The van der Waals surface area contributed by atoms with E-state index in [1.165, 1.54) is 0 Å². The Balaban J connectivity index is 2.24. The second-order valence-electron chi connectivity index (χ2n) is 4.50. The van der Waals surface area contributed by atoms with E-state index < -0.39 is 33.7 Å². The molecule has 0 spiro atoms. The number of hydrogen-bond donors (Lipinski definition) is 1. The van der Waals surface area contributed by atoms with Crippen molar-refractivity contribution in [3.05, 3.63) is 39.4 Å². The molecule has 1 aromatic rings. The van der Waals surface area contributed by atoms with Crippen LogP contribution in [0.3, 0.4) is 0 Å². The average Bonchev–Trinajstić information content (AvgIpc) is 2.39. The standard InChI is InChI=1S/C12H13F2N3O3/c13-8-4-5-9(17(19)20)11(14)10(8)12(18)15-16-6-2-1-3-7-16/h4-5H,1-3,6-7H2,(H,15,18). The van der Waals surface area contributed by atoms with Gasteiger partial charge in [-0.25, -0.2) is 9.40 Å². The molecular formula is C12H13F2N3O3. The molecule has 1 N–H and O–H groups in total. The maximum absolute atomic E-state index is 13.8. The predicted molar refractivity (Wildman–Crippen MR) is 65.9 cm³/mol. The van der Waals surface area contributed by atoms with Crippen LogP contribution in [0.25, 0.3) is 0 Å². The lowest BCUT2D eigenvalue weighted by Gasteiger charge is -2.26. The van der Waals surface area contributed by atoms with Gasteiger partial charge in [0.1, 0.15) is 11.4 Å². The third-order valence-corrected chi connectivity index (χ3v) is 3.11. The monoisotopic (exact) mass is 285 g/mol. The van der Waals surface area contributed by atoms with Crippen LogP contribution in [-0.2, 0) is 0 Å². The number of nitro groups is 1. The van der Waals surface area contributed by atoms with Gasteiger partial charge < -0.3 is 0 Å². The minimum absolute atomic E-state index is 0.587. The minimum Gasteiger partial charge on any atom is -0.285 e. The highest BCUT2D eigenvalue weighted by molar-refractivity contribution is 5.95. The summed E-state index contributed by atoms with van der Waals surface area (Å²) in [4.78, 5) is 21.5. The molecule has 1 aliphatic heterocycles. The number of amides is 1. The van der Waals surface area contributed by atoms with Gasteiger partial charge in [-0.1, -0.05) is 6.42 Å². The fourth-order valence-electron chi connectivity index (χ4n) is 2.10. The summed E-state index contributed by atoms with van der Waals surface area (Å²) >= 11 is 0. The Labute approximate surface area is 113 Å². The Morgan fingerprint density at radius 3 is 2.50 bits per heavy atom. The van der Waals surface area contributed by atoms with Gasteiger partial charge in [0, 0.05) is 19.2 Å². The Kier molecular flexibility index (Phi) is 4.23. The van der Waals surface area contributed by atoms with Crippen LogP contribution in [0.15, 0.2) is 12.1 Å². The molecule has 8 heteroatoms. The van der Waals surface area contributed by atoms with Crippen molar-refractivity contribution in [1.29, 1.82) is 0 Å². The fourth-order valence-corrected chi connectivity index (χ4v) is 2.10. The lowest BCUT2D eigenvalue weighted by atomic mass is 10.1. The topological polar surface area (TPSA) is 75.5 Å². The largest absolute Gasteiger partial charge is 0.305 e. The van der Waals surface area contributed by atoms with Crippen molar-refractivity contribution in [3.63, 3.8) is 0 Å². The van der Waals surface area contributed by atoms with Gasteiger partial charge in [0.05, 0.1) is 4.92 Å². The number of carbonyl (C=O) groups excluding carboxylic acids is 1. The number of hydrazine groups is 1. The zero-order valence-electron chi connectivity index (χ0n) is 10.6. The number of halogens is 2. The highest BCUT2D eigenvalue weighted by Crippen LogP contribution is 2.23. The van der Waals surface area contributed by atoms with E-state index in [0.29, 0.717) is 25.2 Å². The number of benzene rings is 1. The zero-order valence-corrected chi connectivity index (χ0v) is 10.6. The molecule has 6 nitrogen and oxygen atoms in total. The summed E-state index contributed by atoms with van der Waals surface area (Å²) in [5.74, 6) is -3.59. The third-order valence-electron chi connectivity index (χ3n) is 3.11. The van der Waals surface area contributed by atoms with Crippen LogP contribution in [0.2, 0.25) is 0 Å². The van der Waals surface area contributed by atoms with Gasteiger partial charge in [-0.2, -0.15) is 4.39 Å². The first-order valence-electron chi connectivity index (χ1n) is 6.19. The first-order valence-corrected chi connectivity index (χ1v) is 6.19. The Bertz CT molecular complexity index is 545. The second-order valence-corrected chi connectivity index (χ2v) is 4.50. The zero-order chi connectivity index (χ0) is 14.7. The molecule has 0 atom stereocenters. The number of carbonyl (C=O) groups is 1. The molecule has 1 heterocycles. The Hall–Kier alpha value is -2.09. The molecule has 0 radical (unpaired) electrons. The number of rotatable bonds is 3. The van der Waals surface area contributed by atoms with E-state index >= 15 is 0 Å². The summed E-state index contributed by atoms with van der Waals surface area (Å²) in [7, 11) is 0. The van der Waals surface area contributed by atoms with Crippen LogP contribution in [0, 0.1) is 21.7 Å². The lowest BCUT2D eigenvalue weighted by molar-refractivity contribution is -0.387. The van der Waals surface area contributed by atoms with Gasteiger partial charge in [-0.15, -0.1) is 0 Å². The van der Waals surface area contributed by atoms with Crippen molar-refractivity contribution >= 4 is 11.6 Å².